The van der Waals surface area contributed by atoms with Crippen LogP contribution in [0.3, 0.4) is 0 Å². The van der Waals surface area contributed by atoms with E-state index >= 15 is 0 Å². The van der Waals surface area contributed by atoms with Crippen LogP contribution in [0, 0.1) is 0 Å². The van der Waals surface area contributed by atoms with E-state index in [9.17, 15) is 18.0 Å². The van der Waals surface area contributed by atoms with E-state index in [4.69, 9.17) is 9.15 Å². The molecule has 0 bridgehead atoms. The highest BCUT2D eigenvalue weighted by Gasteiger charge is 2.27. The van der Waals surface area contributed by atoms with Crippen molar-refractivity contribution in [3.63, 3.8) is 0 Å². The van der Waals surface area contributed by atoms with Gasteiger partial charge in [0, 0.05) is 33.3 Å². The van der Waals surface area contributed by atoms with Gasteiger partial charge in [-0.3, -0.25) is 9.36 Å². The number of carbonyl (C=O) groups excluding carboxylic acids is 1. The fraction of sp³-hybridized carbons (Fsp3) is 0.467. The van der Waals surface area contributed by atoms with Gasteiger partial charge < -0.3 is 14.1 Å². The van der Waals surface area contributed by atoms with Crippen LogP contribution in [-0.2, 0) is 26.1 Å². The summed E-state index contributed by atoms with van der Waals surface area (Å²) in [6.45, 7) is 1.08. The summed E-state index contributed by atoms with van der Waals surface area (Å²) in [5, 5.41) is 0. The molecule has 1 fully saturated rings. The van der Waals surface area contributed by atoms with Crippen molar-refractivity contribution in [3.05, 3.63) is 28.7 Å². The summed E-state index contributed by atoms with van der Waals surface area (Å²) in [5.41, 5.74) is 0.506. The Hall–Kier alpha value is -2.17. The van der Waals surface area contributed by atoms with Crippen molar-refractivity contribution in [2.24, 2.45) is 0 Å². The first-order valence-corrected chi connectivity index (χ1v) is 9.16. The molecule has 0 spiro atoms. The van der Waals surface area contributed by atoms with Crippen molar-refractivity contribution in [1.29, 1.82) is 0 Å². The van der Waals surface area contributed by atoms with Crippen LogP contribution in [0.2, 0.25) is 0 Å². The maximum Gasteiger partial charge on any atom is 0.420 e. The third kappa shape index (κ3) is 3.32. The Labute approximate surface area is 144 Å². The first-order chi connectivity index (χ1) is 11.8. The minimum absolute atomic E-state index is 0.0433. The van der Waals surface area contributed by atoms with Gasteiger partial charge >= 0.3 is 5.76 Å². The number of hydrogen-bond acceptors (Lipinski definition) is 6. The lowest BCUT2D eigenvalue weighted by atomic mass is 10.3. The first kappa shape index (κ1) is 17.6. The second-order valence-corrected chi connectivity index (χ2v) is 7.83. The third-order valence-corrected chi connectivity index (χ3v) is 5.93. The number of carbonyl (C=O) groups is 1. The van der Waals surface area contributed by atoms with Gasteiger partial charge in [0.05, 0.1) is 23.6 Å². The van der Waals surface area contributed by atoms with Crippen LogP contribution in [0.1, 0.15) is 0 Å². The van der Waals surface area contributed by atoms with Crippen LogP contribution < -0.4 is 5.76 Å². The average molecular weight is 369 g/mol. The number of benzene rings is 1. The number of hydrogen-bond donors (Lipinski definition) is 0. The Balaban J connectivity index is 1.99. The van der Waals surface area contributed by atoms with Gasteiger partial charge in [-0.1, -0.05) is 0 Å². The number of aromatic nitrogens is 1. The molecule has 0 saturated carbocycles. The Morgan fingerprint density at radius 1 is 1.24 bits per heavy atom. The van der Waals surface area contributed by atoms with Crippen molar-refractivity contribution in [2.45, 2.75) is 11.4 Å². The Morgan fingerprint density at radius 2 is 1.92 bits per heavy atom. The molecule has 1 aromatic carbocycles. The molecule has 0 atom stereocenters. The van der Waals surface area contributed by atoms with Gasteiger partial charge in [0.25, 0.3) is 0 Å². The molecule has 1 aliphatic rings. The highest BCUT2D eigenvalue weighted by atomic mass is 32.2. The predicted octanol–water partition coefficient (Wildman–Crippen LogP) is -0.296. The second kappa shape index (κ2) is 6.62. The van der Waals surface area contributed by atoms with Crippen molar-refractivity contribution in [2.75, 3.05) is 40.4 Å². The lowest BCUT2D eigenvalue weighted by Crippen LogP contribution is -2.40. The number of likely N-dealkylation sites (N-methyl/N-ethyl adjacent to an activating group) is 1. The Bertz CT molecular complexity index is 953. The van der Waals surface area contributed by atoms with Crippen LogP contribution in [-0.4, -0.2) is 68.5 Å². The number of amides is 1. The SMILES string of the molecule is CN(C)C(=O)Cn1c(=O)oc2cc(S(=O)(=O)N3CCOCC3)ccc21. The quantitative estimate of drug-likeness (QED) is 0.733. The molecule has 1 saturated heterocycles. The van der Waals surface area contributed by atoms with E-state index < -0.39 is 15.8 Å². The number of rotatable bonds is 4. The lowest BCUT2D eigenvalue weighted by molar-refractivity contribution is -0.129. The van der Waals surface area contributed by atoms with Gasteiger partial charge in [-0.2, -0.15) is 4.31 Å². The molecule has 0 N–H and O–H groups in total. The molecule has 2 heterocycles. The zero-order valence-corrected chi connectivity index (χ0v) is 14.8. The molecule has 9 nitrogen and oxygen atoms in total. The molecule has 25 heavy (non-hydrogen) atoms. The molecule has 1 amide bonds. The molecule has 1 aliphatic heterocycles. The van der Waals surface area contributed by atoms with Gasteiger partial charge in [0.1, 0.15) is 6.54 Å². The van der Waals surface area contributed by atoms with E-state index in [1.54, 1.807) is 14.1 Å². The van der Waals surface area contributed by atoms with Crippen LogP contribution in [0.15, 0.2) is 32.3 Å². The molecular weight excluding hydrogens is 350 g/mol. The first-order valence-electron chi connectivity index (χ1n) is 7.72. The second-order valence-electron chi connectivity index (χ2n) is 5.89. The fourth-order valence-electron chi connectivity index (χ4n) is 2.57. The maximum atomic E-state index is 12.7. The summed E-state index contributed by atoms with van der Waals surface area (Å²) in [5.74, 6) is -0.971. The van der Waals surface area contributed by atoms with Crippen molar-refractivity contribution < 1.29 is 22.4 Å². The number of sulfonamides is 1. The van der Waals surface area contributed by atoms with Crippen LogP contribution in [0.25, 0.3) is 11.1 Å². The molecule has 2 aromatic rings. The highest BCUT2D eigenvalue weighted by Crippen LogP contribution is 2.22. The summed E-state index contributed by atoms with van der Waals surface area (Å²) >= 11 is 0. The van der Waals surface area contributed by atoms with Crippen LogP contribution in [0.4, 0.5) is 0 Å². The zero-order valence-electron chi connectivity index (χ0n) is 14.0. The highest BCUT2D eigenvalue weighted by molar-refractivity contribution is 7.89. The van der Waals surface area contributed by atoms with E-state index in [1.807, 2.05) is 0 Å². The van der Waals surface area contributed by atoms with E-state index in [0.29, 0.717) is 18.7 Å². The summed E-state index contributed by atoms with van der Waals surface area (Å²) in [4.78, 5) is 25.3. The molecule has 10 heteroatoms. The maximum absolute atomic E-state index is 12.7. The number of morpholine rings is 1. The standard InChI is InChI=1S/C15H19N3O6S/c1-16(2)14(19)10-18-12-4-3-11(9-13(12)24-15(18)20)25(21,22)17-5-7-23-8-6-17/h3-4,9H,5-8,10H2,1-2H3. The molecular formula is C15H19N3O6S. The lowest BCUT2D eigenvalue weighted by Gasteiger charge is -2.25. The number of ether oxygens (including phenoxy) is 1. The van der Waals surface area contributed by atoms with Gasteiger partial charge in [-0.05, 0) is 12.1 Å². The van der Waals surface area contributed by atoms with Crippen molar-refractivity contribution in [1.82, 2.24) is 13.8 Å². The molecule has 3 rings (SSSR count). The topological polar surface area (TPSA) is 102 Å². The fourth-order valence-corrected chi connectivity index (χ4v) is 3.99. The van der Waals surface area contributed by atoms with Gasteiger partial charge in [-0.15, -0.1) is 0 Å². The molecule has 136 valence electrons. The van der Waals surface area contributed by atoms with E-state index in [0.717, 1.165) is 0 Å². The molecule has 0 unspecified atom stereocenters. The molecule has 1 aromatic heterocycles. The van der Waals surface area contributed by atoms with E-state index in [1.165, 1.54) is 32.0 Å². The van der Waals surface area contributed by atoms with Crippen LogP contribution >= 0.6 is 0 Å². The molecule has 0 aliphatic carbocycles. The summed E-state index contributed by atoms with van der Waals surface area (Å²) in [6.07, 6.45) is 0. The monoisotopic (exact) mass is 369 g/mol. The number of nitrogens with zero attached hydrogens (tertiary/aromatic N) is 3. The van der Waals surface area contributed by atoms with Crippen molar-refractivity contribution >= 4 is 27.0 Å². The number of oxazole rings is 1. The predicted molar refractivity (Wildman–Crippen MR) is 88.7 cm³/mol. The smallest absolute Gasteiger partial charge is 0.408 e. The normalized spacial score (nSPS) is 16.2. The third-order valence-electron chi connectivity index (χ3n) is 4.04. The Morgan fingerprint density at radius 3 is 2.56 bits per heavy atom. The minimum atomic E-state index is -3.69. The summed E-state index contributed by atoms with van der Waals surface area (Å²) < 4.78 is 38.2. The zero-order chi connectivity index (χ0) is 18.2. The summed E-state index contributed by atoms with van der Waals surface area (Å²) in [6, 6.07) is 4.22. The van der Waals surface area contributed by atoms with E-state index in [-0.39, 0.29) is 36.0 Å². The Kier molecular flexibility index (Phi) is 4.67. The molecule has 0 radical (unpaired) electrons. The van der Waals surface area contributed by atoms with Gasteiger partial charge in [-0.25, -0.2) is 13.2 Å². The average Bonchev–Trinajstić information content (AvgIpc) is 2.90. The van der Waals surface area contributed by atoms with E-state index in [2.05, 4.69) is 0 Å². The largest absolute Gasteiger partial charge is 0.420 e. The van der Waals surface area contributed by atoms with Gasteiger partial charge in [0.15, 0.2) is 5.58 Å². The minimum Gasteiger partial charge on any atom is -0.408 e. The number of fused-ring (bicyclic) bond motifs is 1. The van der Waals surface area contributed by atoms with Gasteiger partial charge in [0.2, 0.25) is 15.9 Å². The summed E-state index contributed by atoms with van der Waals surface area (Å²) in [7, 11) is -0.515. The van der Waals surface area contributed by atoms with Crippen LogP contribution in [0.5, 0.6) is 0 Å². The van der Waals surface area contributed by atoms with Crippen molar-refractivity contribution in [3.8, 4) is 0 Å².